The van der Waals surface area contributed by atoms with Crippen molar-refractivity contribution in [2.45, 2.75) is 19.4 Å². The van der Waals surface area contributed by atoms with E-state index in [-0.39, 0.29) is 6.04 Å². The molecule has 0 unspecified atom stereocenters. The van der Waals surface area contributed by atoms with Gasteiger partial charge in [0, 0.05) is 11.6 Å². The summed E-state index contributed by atoms with van der Waals surface area (Å²) in [5.41, 5.74) is 6.63. The molecule has 0 aliphatic heterocycles. The third kappa shape index (κ3) is 2.09. The van der Waals surface area contributed by atoms with Crippen molar-refractivity contribution in [1.29, 1.82) is 0 Å². The third-order valence-corrected chi connectivity index (χ3v) is 2.20. The Labute approximate surface area is 81.7 Å². The van der Waals surface area contributed by atoms with Gasteiger partial charge in [-0.2, -0.15) is 0 Å². The van der Waals surface area contributed by atoms with Crippen LogP contribution in [0.1, 0.15) is 24.9 Å². The normalized spacial score (nSPS) is 13.0. The summed E-state index contributed by atoms with van der Waals surface area (Å²) in [6.07, 6.45) is 0.836. The molecule has 0 saturated heterocycles. The Kier molecular flexibility index (Phi) is 3.32. The van der Waals surface area contributed by atoms with E-state index in [0.717, 1.165) is 12.0 Å². The first-order valence-corrected chi connectivity index (χ1v) is 4.48. The van der Waals surface area contributed by atoms with Gasteiger partial charge >= 0.3 is 0 Å². The molecule has 0 radical (unpaired) electrons. The highest BCUT2D eigenvalue weighted by atomic mass is 35.5. The Morgan fingerprint density at radius 1 is 1.50 bits per heavy atom. The fraction of sp³-hybridized carbons (Fsp3) is 0.375. The van der Waals surface area contributed by atoms with Crippen molar-refractivity contribution in [3.05, 3.63) is 28.0 Å². The molecule has 0 saturated carbocycles. The summed E-state index contributed by atoms with van der Waals surface area (Å²) < 4.78 is 0. The molecule has 1 heterocycles. The van der Waals surface area contributed by atoms with Crippen LogP contribution in [0.2, 0.25) is 10.3 Å². The molecule has 1 aromatic rings. The largest absolute Gasteiger partial charge is 0.324 e. The van der Waals surface area contributed by atoms with Crippen LogP contribution in [-0.4, -0.2) is 4.98 Å². The lowest BCUT2D eigenvalue weighted by atomic mass is 10.1. The van der Waals surface area contributed by atoms with E-state index in [1.165, 1.54) is 0 Å². The fourth-order valence-corrected chi connectivity index (χ4v) is 1.40. The van der Waals surface area contributed by atoms with Gasteiger partial charge < -0.3 is 5.73 Å². The van der Waals surface area contributed by atoms with Crippen molar-refractivity contribution in [3.63, 3.8) is 0 Å². The van der Waals surface area contributed by atoms with E-state index in [0.29, 0.717) is 10.3 Å². The van der Waals surface area contributed by atoms with Crippen molar-refractivity contribution >= 4 is 23.2 Å². The van der Waals surface area contributed by atoms with Crippen LogP contribution in [0, 0.1) is 0 Å². The van der Waals surface area contributed by atoms with Crippen molar-refractivity contribution in [2.75, 3.05) is 0 Å². The van der Waals surface area contributed by atoms with Crippen molar-refractivity contribution in [3.8, 4) is 0 Å². The number of pyridine rings is 1. The zero-order valence-corrected chi connectivity index (χ0v) is 8.23. The summed E-state index contributed by atoms with van der Waals surface area (Å²) in [4.78, 5) is 3.89. The lowest BCUT2D eigenvalue weighted by molar-refractivity contribution is 0.695. The number of hydrogen-bond donors (Lipinski definition) is 1. The van der Waals surface area contributed by atoms with Gasteiger partial charge in [-0.1, -0.05) is 36.2 Å². The van der Waals surface area contributed by atoms with Gasteiger partial charge in [0.2, 0.25) is 0 Å². The molecule has 4 heteroatoms. The molecule has 0 bridgehead atoms. The SMILES string of the molecule is CC[C@H](N)c1ccc(Cl)nc1Cl. The van der Waals surface area contributed by atoms with Gasteiger partial charge in [-0.05, 0) is 12.5 Å². The zero-order chi connectivity index (χ0) is 9.14. The second-order valence-electron chi connectivity index (χ2n) is 2.53. The fourth-order valence-electron chi connectivity index (χ4n) is 0.919. The molecule has 66 valence electrons. The molecule has 0 aromatic carbocycles. The number of hydrogen-bond acceptors (Lipinski definition) is 2. The van der Waals surface area contributed by atoms with Crippen molar-refractivity contribution in [2.24, 2.45) is 5.73 Å². The predicted octanol–water partition coefficient (Wildman–Crippen LogP) is 2.80. The lowest BCUT2D eigenvalue weighted by Crippen LogP contribution is -2.09. The molecular weight excluding hydrogens is 195 g/mol. The zero-order valence-electron chi connectivity index (χ0n) is 6.72. The second kappa shape index (κ2) is 4.08. The molecule has 0 spiro atoms. The van der Waals surface area contributed by atoms with E-state index in [4.69, 9.17) is 28.9 Å². The highest BCUT2D eigenvalue weighted by Gasteiger charge is 2.08. The van der Waals surface area contributed by atoms with Crippen LogP contribution < -0.4 is 5.73 Å². The molecule has 2 nitrogen and oxygen atoms in total. The molecule has 0 amide bonds. The molecule has 1 rings (SSSR count). The molecule has 2 N–H and O–H groups in total. The van der Waals surface area contributed by atoms with Gasteiger partial charge in [-0.15, -0.1) is 0 Å². The van der Waals surface area contributed by atoms with Gasteiger partial charge in [0.1, 0.15) is 10.3 Å². The minimum Gasteiger partial charge on any atom is -0.324 e. The van der Waals surface area contributed by atoms with Crippen molar-refractivity contribution < 1.29 is 0 Å². The number of aromatic nitrogens is 1. The van der Waals surface area contributed by atoms with Gasteiger partial charge in [0.25, 0.3) is 0 Å². The number of nitrogens with zero attached hydrogens (tertiary/aromatic N) is 1. The quantitative estimate of drug-likeness (QED) is 0.754. The molecule has 1 aromatic heterocycles. The summed E-state index contributed by atoms with van der Waals surface area (Å²) in [7, 11) is 0. The monoisotopic (exact) mass is 204 g/mol. The van der Waals surface area contributed by atoms with E-state index in [1.54, 1.807) is 6.07 Å². The maximum absolute atomic E-state index is 5.83. The average Bonchev–Trinajstić information content (AvgIpc) is 2.03. The Hall–Kier alpha value is -0.310. The maximum atomic E-state index is 5.83. The van der Waals surface area contributed by atoms with Crippen LogP contribution in [0.25, 0.3) is 0 Å². The van der Waals surface area contributed by atoms with E-state index >= 15 is 0 Å². The number of nitrogens with two attached hydrogens (primary N) is 1. The van der Waals surface area contributed by atoms with E-state index in [9.17, 15) is 0 Å². The third-order valence-electron chi connectivity index (χ3n) is 1.68. The summed E-state index contributed by atoms with van der Waals surface area (Å²) in [5, 5.41) is 0.795. The van der Waals surface area contributed by atoms with Crippen molar-refractivity contribution in [1.82, 2.24) is 4.98 Å². The minimum atomic E-state index is -0.0535. The summed E-state index contributed by atoms with van der Waals surface area (Å²) in [5.74, 6) is 0. The maximum Gasteiger partial charge on any atom is 0.135 e. The van der Waals surface area contributed by atoms with Crippen LogP contribution in [0.15, 0.2) is 12.1 Å². The Morgan fingerprint density at radius 3 is 2.67 bits per heavy atom. The average molecular weight is 205 g/mol. The Balaban J connectivity index is 3.01. The molecule has 12 heavy (non-hydrogen) atoms. The number of rotatable bonds is 2. The summed E-state index contributed by atoms with van der Waals surface area (Å²) in [6, 6.07) is 3.45. The lowest BCUT2D eigenvalue weighted by Gasteiger charge is -2.09. The second-order valence-corrected chi connectivity index (χ2v) is 3.27. The molecule has 1 atom stereocenters. The standard InChI is InChI=1S/C8H10Cl2N2/c1-2-6(11)5-3-4-7(9)12-8(5)10/h3-4,6H,2,11H2,1H3/t6-/m0/s1. The molecular formula is C8H10Cl2N2. The smallest absolute Gasteiger partial charge is 0.135 e. The van der Waals surface area contributed by atoms with Gasteiger partial charge in [-0.3, -0.25) is 0 Å². The highest BCUT2D eigenvalue weighted by molar-refractivity contribution is 6.32. The predicted molar refractivity (Wildman–Crippen MR) is 51.5 cm³/mol. The topological polar surface area (TPSA) is 38.9 Å². The molecule has 0 fully saturated rings. The first-order chi connectivity index (χ1) is 5.65. The summed E-state index contributed by atoms with van der Waals surface area (Å²) in [6.45, 7) is 2.00. The molecule has 0 aliphatic rings. The Bertz CT molecular complexity index is 276. The van der Waals surface area contributed by atoms with Crippen LogP contribution >= 0.6 is 23.2 Å². The van der Waals surface area contributed by atoms with Crippen LogP contribution in [0.5, 0.6) is 0 Å². The highest BCUT2D eigenvalue weighted by Crippen LogP contribution is 2.23. The summed E-state index contributed by atoms with van der Waals surface area (Å²) >= 11 is 11.5. The van der Waals surface area contributed by atoms with Crippen LogP contribution in [0.3, 0.4) is 0 Å². The van der Waals surface area contributed by atoms with E-state index < -0.39 is 0 Å². The molecule has 0 aliphatic carbocycles. The van der Waals surface area contributed by atoms with E-state index in [2.05, 4.69) is 4.98 Å². The van der Waals surface area contributed by atoms with Crippen LogP contribution in [-0.2, 0) is 0 Å². The van der Waals surface area contributed by atoms with E-state index in [1.807, 2.05) is 13.0 Å². The first kappa shape index (κ1) is 9.78. The Morgan fingerprint density at radius 2 is 2.17 bits per heavy atom. The minimum absolute atomic E-state index is 0.0535. The van der Waals surface area contributed by atoms with Gasteiger partial charge in [0.15, 0.2) is 0 Å². The first-order valence-electron chi connectivity index (χ1n) is 3.72. The van der Waals surface area contributed by atoms with Crippen LogP contribution in [0.4, 0.5) is 0 Å². The number of halogens is 2. The van der Waals surface area contributed by atoms with Gasteiger partial charge in [0.05, 0.1) is 0 Å². The van der Waals surface area contributed by atoms with Gasteiger partial charge in [-0.25, -0.2) is 4.98 Å².